The molecule has 1 aliphatic rings. The van der Waals surface area contributed by atoms with Crippen molar-refractivity contribution in [2.75, 3.05) is 6.61 Å². The molecule has 4 nitrogen and oxygen atoms in total. The van der Waals surface area contributed by atoms with Gasteiger partial charge >= 0.3 is 0 Å². The van der Waals surface area contributed by atoms with Crippen molar-refractivity contribution in [1.29, 1.82) is 0 Å². The first-order valence-electron chi connectivity index (χ1n) is 4.54. The molecule has 0 spiro atoms. The molecule has 0 saturated carbocycles. The largest absolute Gasteiger partial charge is 0.348 e. The molecular weight excluding hydrogens is 248 g/mol. The summed E-state index contributed by atoms with van der Waals surface area (Å²) in [6, 6.07) is 0. The third-order valence-electron chi connectivity index (χ3n) is 2.08. The van der Waals surface area contributed by atoms with Gasteiger partial charge in [-0.3, -0.25) is 0 Å². The summed E-state index contributed by atoms with van der Waals surface area (Å²) in [6.07, 6.45) is 3.82. The van der Waals surface area contributed by atoms with Crippen LogP contribution in [0.15, 0.2) is 17.1 Å². The van der Waals surface area contributed by atoms with Gasteiger partial charge in [0, 0.05) is 6.20 Å². The maximum atomic E-state index is 5.68. The minimum Gasteiger partial charge on any atom is -0.348 e. The van der Waals surface area contributed by atoms with Crippen molar-refractivity contribution in [3.05, 3.63) is 17.1 Å². The van der Waals surface area contributed by atoms with Crippen LogP contribution in [0.3, 0.4) is 0 Å². The van der Waals surface area contributed by atoms with Crippen molar-refractivity contribution >= 4 is 15.9 Å². The predicted molar refractivity (Wildman–Crippen MR) is 54.8 cm³/mol. The number of nitrogens with zero attached hydrogens (tertiary/aromatic N) is 2. The van der Waals surface area contributed by atoms with Crippen molar-refractivity contribution in [2.45, 2.75) is 32.3 Å². The smallest absolute Gasteiger partial charge is 0.163 e. The van der Waals surface area contributed by atoms with Gasteiger partial charge in [-0.25, -0.2) is 4.98 Å². The highest BCUT2D eigenvalue weighted by Crippen LogP contribution is 2.23. The summed E-state index contributed by atoms with van der Waals surface area (Å²) < 4.78 is 14.0. The summed E-state index contributed by atoms with van der Waals surface area (Å²) in [4.78, 5) is 4.08. The molecule has 2 rings (SSSR count). The maximum absolute atomic E-state index is 5.68. The van der Waals surface area contributed by atoms with E-state index in [0.29, 0.717) is 6.61 Å². The van der Waals surface area contributed by atoms with Gasteiger partial charge in [-0.15, -0.1) is 0 Å². The molecule has 0 N–H and O–H groups in total. The second kappa shape index (κ2) is 3.64. The predicted octanol–water partition coefficient (Wildman–Crippen LogP) is 1.80. The fraction of sp³-hybridized carbons (Fsp3) is 0.667. The van der Waals surface area contributed by atoms with Crippen LogP contribution in [-0.4, -0.2) is 28.0 Å². The van der Waals surface area contributed by atoms with E-state index in [0.717, 1.165) is 11.1 Å². The summed E-state index contributed by atoms with van der Waals surface area (Å²) in [5.41, 5.74) is 0. The highest BCUT2D eigenvalue weighted by molar-refractivity contribution is 9.10. The first-order chi connectivity index (χ1) is 6.55. The number of hydrogen-bond acceptors (Lipinski definition) is 3. The van der Waals surface area contributed by atoms with Crippen molar-refractivity contribution < 1.29 is 9.47 Å². The normalized spacial score (nSPS) is 25.5. The Morgan fingerprint density at radius 2 is 2.50 bits per heavy atom. The molecule has 0 aliphatic carbocycles. The Bertz CT molecular complexity index is 324. The molecular formula is C9H13BrN2O2. The zero-order chi connectivity index (χ0) is 10.2. The van der Waals surface area contributed by atoms with Crippen LogP contribution >= 0.6 is 15.9 Å². The molecule has 1 aliphatic heterocycles. The first kappa shape index (κ1) is 10.1. The summed E-state index contributed by atoms with van der Waals surface area (Å²) in [5.74, 6) is -0.442. The lowest BCUT2D eigenvalue weighted by Gasteiger charge is -2.17. The van der Waals surface area contributed by atoms with E-state index in [9.17, 15) is 0 Å². The number of rotatable bonds is 2. The summed E-state index contributed by atoms with van der Waals surface area (Å²) >= 11 is 3.30. The topological polar surface area (TPSA) is 36.3 Å². The quantitative estimate of drug-likeness (QED) is 0.814. The third-order valence-corrected chi connectivity index (χ3v) is 2.49. The van der Waals surface area contributed by atoms with Crippen LogP contribution in [0.25, 0.3) is 0 Å². The molecule has 2 heterocycles. The molecule has 1 aromatic rings. The van der Waals surface area contributed by atoms with E-state index >= 15 is 0 Å². The van der Waals surface area contributed by atoms with Crippen LogP contribution in [-0.2, 0) is 16.0 Å². The van der Waals surface area contributed by atoms with Gasteiger partial charge in [0.15, 0.2) is 5.79 Å². The standard InChI is InChI=1S/C9H13BrN2O2/c1-9(2)13-5-7(14-9)3-12-4-8(10)11-6-12/h4,6-7H,3,5H2,1-2H3/t7-/m0/s1. The SMILES string of the molecule is CC1(C)OC[C@H](Cn2cnc(Br)c2)O1. The molecule has 1 atom stereocenters. The minimum absolute atomic E-state index is 0.117. The van der Waals surface area contributed by atoms with Gasteiger partial charge in [0.1, 0.15) is 10.7 Å². The molecule has 0 aromatic carbocycles. The lowest BCUT2D eigenvalue weighted by Crippen LogP contribution is -2.23. The van der Waals surface area contributed by atoms with E-state index < -0.39 is 5.79 Å². The molecule has 0 bridgehead atoms. The van der Waals surface area contributed by atoms with Crippen molar-refractivity contribution in [2.24, 2.45) is 0 Å². The number of aromatic nitrogens is 2. The summed E-state index contributed by atoms with van der Waals surface area (Å²) in [5, 5.41) is 0. The zero-order valence-electron chi connectivity index (χ0n) is 8.24. The molecule has 0 radical (unpaired) electrons. The number of imidazole rings is 1. The lowest BCUT2D eigenvalue weighted by atomic mass is 10.3. The lowest BCUT2D eigenvalue weighted by molar-refractivity contribution is -0.139. The number of hydrogen-bond donors (Lipinski definition) is 0. The van der Waals surface area contributed by atoms with Crippen LogP contribution in [0.4, 0.5) is 0 Å². The first-order valence-corrected chi connectivity index (χ1v) is 5.33. The Balaban J connectivity index is 1.94. The number of halogens is 1. The van der Waals surface area contributed by atoms with Crippen LogP contribution in [0.5, 0.6) is 0 Å². The molecule has 1 saturated heterocycles. The zero-order valence-corrected chi connectivity index (χ0v) is 9.82. The second-order valence-electron chi connectivity index (χ2n) is 3.84. The fourth-order valence-corrected chi connectivity index (χ4v) is 1.88. The monoisotopic (exact) mass is 260 g/mol. The van der Waals surface area contributed by atoms with Crippen LogP contribution < -0.4 is 0 Å². The third kappa shape index (κ3) is 2.34. The van der Waals surface area contributed by atoms with Crippen molar-refractivity contribution in [1.82, 2.24) is 9.55 Å². The molecule has 14 heavy (non-hydrogen) atoms. The van der Waals surface area contributed by atoms with Crippen molar-refractivity contribution in [3.63, 3.8) is 0 Å². The Morgan fingerprint density at radius 3 is 3.00 bits per heavy atom. The van der Waals surface area contributed by atoms with E-state index in [2.05, 4.69) is 20.9 Å². The Hall–Kier alpha value is -0.390. The molecule has 0 unspecified atom stereocenters. The minimum atomic E-state index is -0.442. The second-order valence-corrected chi connectivity index (χ2v) is 4.66. The van der Waals surface area contributed by atoms with E-state index in [4.69, 9.17) is 9.47 Å². The van der Waals surface area contributed by atoms with E-state index in [1.165, 1.54) is 0 Å². The fourth-order valence-electron chi connectivity index (χ4n) is 1.52. The molecule has 78 valence electrons. The average Bonchev–Trinajstić information content (AvgIpc) is 2.59. The van der Waals surface area contributed by atoms with Gasteiger partial charge in [0.25, 0.3) is 0 Å². The number of ether oxygens (including phenoxy) is 2. The van der Waals surface area contributed by atoms with Gasteiger partial charge in [-0.1, -0.05) is 0 Å². The van der Waals surface area contributed by atoms with E-state index in [-0.39, 0.29) is 6.10 Å². The van der Waals surface area contributed by atoms with Gasteiger partial charge in [-0.2, -0.15) is 0 Å². The van der Waals surface area contributed by atoms with Gasteiger partial charge < -0.3 is 14.0 Å². The van der Waals surface area contributed by atoms with E-state index in [1.807, 2.05) is 24.6 Å². The van der Waals surface area contributed by atoms with Gasteiger partial charge in [-0.05, 0) is 29.8 Å². The van der Waals surface area contributed by atoms with Crippen molar-refractivity contribution in [3.8, 4) is 0 Å². The van der Waals surface area contributed by atoms with Crippen LogP contribution in [0.1, 0.15) is 13.8 Å². The summed E-state index contributed by atoms with van der Waals surface area (Å²) in [7, 11) is 0. The highest BCUT2D eigenvalue weighted by atomic mass is 79.9. The maximum Gasteiger partial charge on any atom is 0.163 e. The molecule has 1 aromatic heterocycles. The summed E-state index contributed by atoms with van der Waals surface area (Å²) in [6.45, 7) is 5.28. The van der Waals surface area contributed by atoms with Crippen LogP contribution in [0.2, 0.25) is 0 Å². The van der Waals surface area contributed by atoms with Gasteiger partial charge in [0.05, 0.1) is 19.5 Å². The Labute approximate surface area is 91.3 Å². The molecule has 5 heteroatoms. The Morgan fingerprint density at radius 1 is 1.71 bits per heavy atom. The van der Waals surface area contributed by atoms with E-state index in [1.54, 1.807) is 6.33 Å². The molecule has 0 amide bonds. The Kier molecular flexibility index (Phi) is 2.64. The van der Waals surface area contributed by atoms with Gasteiger partial charge in [0.2, 0.25) is 0 Å². The average molecular weight is 261 g/mol. The molecule has 1 fully saturated rings. The highest BCUT2D eigenvalue weighted by Gasteiger charge is 2.32. The van der Waals surface area contributed by atoms with Crippen LogP contribution in [0, 0.1) is 0 Å².